The fourth-order valence-electron chi connectivity index (χ4n) is 3.73. The molecule has 1 saturated heterocycles. The van der Waals surface area contributed by atoms with Gasteiger partial charge in [-0.2, -0.15) is 4.99 Å². The summed E-state index contributed by atoms with van der Waals surface area (Å²) in [5.41, 5.74) is 7.39. The van der Waals surface area contributed by atoms with Gasteiger partial charge in [0.05, 0.1) is 12.6 Å². The van der Waals surface area contributed by atoms with Gasteiger partial charge in [-0.25, -0.2) is 4.79 Å². The number of nitrogens with zero attached hydrogens (tertiary/aromatic N) is 3. The lowest BCUT2D eigenvalue weighted by Crippen LogP contribution is -2.40. The van der Waals surface area contributed by atoms with Crippen molar-refractivity contribution in [1.82, 2.24) is 9.80 Å². The molecule has 0 aromatic heterocycles. The summed E-state index contributed by atoms with van der Waals surface area (Å²) in [5, 5.41) is 0. The minimum absolute atomic E-state index is 0.0337. The van der Waals surface area contributed by atoms with Gasteiger partial charge in [0.1, 0.15) is 30.0 Å². The highest BCUT2D eigenvalue weighted by Crippen LogP contribution is 2.23. The van der Waals surface area contributed by atoms with Crippen LogP contribution in [0.3, 0.4) is 0 Å². The van der Waals surface area contributed by atoms with Crippen LogP contribution < -0.4 is 15.2 Å². The van der Waals surface area contributed by atoms with Gasteiger partial charge in [0.15, 0.2) is 0 Å². The average molecular weight is 469 g/mol. The molecule has 9 nitrogen and oxygen atoms in total. The van der Waals surface area contributed by atoms with Crippen molar-refractivity contribution >= 4 is 17.8 Å². The highest BCUT2D eigenvalue weighted by molar-refractivity contribution is 6.03. The number of carbonyl (C=O) groups excluding carboxylic acids is 2. The summed E-state index contributed by atoms with van der Waals surface area (Å²) < 4.78 is 16.7. The van der Waals surface area contributed by atoms with Gasteiger partial charge in [0.2, 0.25) is 5.91 Å². The van der Waals surface area contributed by atoms with Gasteiger partial charge < -0.3 is 24.8 Å². The third-order valence-corrected chi connectivity index (χ3v) is 5.48. The molecule has 2 aromatic rings. The lowest BCUT2D eigenvalue weighted by Gasteiger charge is -2.21. The van der Waals surface area contributed by atoms with Crippen LogP contribution in [0.5, 0.6) is 11.5 Å². The predicted molar refractivity (Wildman–Crippen MR) is 129 cm³/mol. The van der Waals surface area contributed by atoms with E-state index in [1.54, 1.807) is 37.2 Å². The third kappa shape index (κ3) is 6.71. The molecule has 2 aromatic carbocycles. The molecule has 2 N–H and O–H groups in total. The Kier molecular flexibility index (Phi) is 8.48. The van der Waals surface area contributed by atoms with Crippen molar-refractivity contribution in [2.75, 3.05) is 34.3 Å². The van der Waals surface area contributed by atoms with E-state index in [0.29, 0.717) is 30.9 Å². The summed E-state index contributed by atoms with van der Waals surface area (Å²) in [4.78, 5) is 31.9. The lowest BCUT2D eigenvalue weighted by molar-refractivity contribution is -0.133. The molecule has 1 heterocycles. The van der Waals surface area contributed by atoms with Crippen LogP contribution in [-0.2, 0) is 16.1 Å². The fourth-order valence-corrected chi connectivity index (χ4v) is 3.73. The van der Waals surface area contributed by atoms with Crippen molar-refractivity contribution in [3.63, 3.8) is 0 Å². The number of likely N-dealkylation sites (N-methyl/N-ethyl adjacent to an activating group) is 2. The number of aliphatic imine (C=N–C) groups is 1. The Hall–Kier alpha value is -3.59. The maximum absolute atomic E-state index is 12.3. The zero-order chi connectivity index (χ0) is 24.7. The van der Waals surface area contributed by atoms with Gasteiger partial charge in [0.25, 0.3) is 0 Å². The first kappa shape index (κ1) is 25.0. The molecule has 34 heavy (non-hydrogen) atoms. The first-order chi connectivity index (χ1) is 16.3. The van der Waals surface area contributed by atoms with Gasteiger partial charge in [0, 0.05) is 32.6 Å². The Labute approximate surface area is 200 Å². The summed E-state index contributed by atoms with van der Waals surface area (Å²) >= 11 is 0. The standard InChI is InChI=1S/C25H32N4O5/c1-5-32-19-11-9-17(10-12-19)16-33-25(31)27-23(26)18-7-6-8-20(13-18)34-21-14-22(29(4)15-21)24(30)28(2)3/h6-13,21-22H,5,14-16H2,1-4H3,(H2,26,27,31)/t21-,22+/m0/s1. The summed E-state index contributed by atoms with van der Waals surface area (Å²) in [7, 11) is 5.41. The van der Waals surface area contributed by atoms with Crippen molar-refractivity contribution < 1.29 is 23.8 Å². The van der Waals surface area contributed by atoms with Crippen LogP contribution in [0, 0.1) is 0 Å². The van der Waals surface area contributed by atoms with Gasteiger partial charge in [-0.3, -0.25) is 9.69 Å². The smallest absolute Gasteiger partial charge is 0.435 e. The van der Waals surface area contributed by atoms with Crippen molar-refractivity contribution in [2.24, 2.45) is 10.7 Å². The number of rotatable bonds is 8. The van der Waals surface area contributed by atoms with Crippen molar-refractivity contribution in [3.05, 3.63) is 59.7 Å². The van der Waals surface area contributed by atoms with E-state index in [2.05, 4.69) is 4.99 Å². The second-order valence-electron chi connectivity index (χ2n) is 8.32. The Morgan fingerprint density at radius 2 is 1.88 bits per heavy atom. The molecule has 0 saturated carbocycles. The molecular weight excluding hydrogens is 436 g/mol. The Bertz CT molecular complexity index is 1020. The maximum Gasteiger partial charge on any atom is 0.435 e. The summed E-state index contributed by atoms with van der Waals surface area (Å²) in [6, 6.07) is 14.1. The van der Waals surface area contributed by atoms with Crippen LogP contribution in [0.25, 0.3) is 0 Å². The number of amidine groups is 1. The Morgan fingerprint density at radius 1 is 1.15 bits per heavy atom. The number of carbonyl (C=O) groups is 2. The molecule has 182 valence electrons. The largest absolute Gasteiger partial charge is 0.494 e. The number of hydrogen-bond acceptors (Lipinski definition) is 6. The molecule has 0 unspecified atom stereocenters. The Morgan fingerprint density at radius 3 is 2.56 bits per heavy atom. The third-order valence-electron chi connectivity index (χ3n) is 5.48. The number of ether oxygens (including phenoxy) is 3. The molecule has 0 radical (unpaired) electrons. The first-order valence-corrected chi connectivity index (χ1v) is 11.2. The monoisotopic (exact) mass is 468 g/mol. The molecule has 0 aliphatic carbocycles. The molecule has 0 spiro atoms. The topological polar surface area (TPSA) is 107 Å². The zero-order valence-electron chi connectivity index (χ0n) is 20.1. The van der Waals surface area contributed by atoms with Crippen LogP contribution in [0.2, 0.25) is 0 Å². The van der Waals surface area contributed by atoms with Crippen LogP contribution in [0.4, 0.5) is 4.79 Å². The van der Waals surface area contributed by atoms with Gasteiger partial charge in [-0.1, -0.05) is 24.3 Å². The highest BCUT2D eigenvalue weighted by atomic mass is 16.5. The number of amides is 2. The van der Waals surface area contributed by atoms with E-state index >= 15 is 0 Å². The molecule has 3 rings (SSSR count). The highest BCUT2D eigenvalue weighted by Gasteiger charge is 2.36. The number of likely N-dealkylation sites (tertiary alicyclic amines) is 1. The van der Waals surface area contributed by atoms with Crippen LogP contribution in [0.1, 0.15) is 24.5 Å². The average Bonchev–Trinajstić information content (AvgIpc) is 3.18. The molecule has 2 atom stereocenters. The first-order valence-electron chi connectivity index (χ1n) is 11.2. The summed E-state index contributed by atoms with van der Waals surface area (Å²) in [5.74, 6) is 1.44. The molecule has 1 aliphatic heterocycles. The quantitative estimate of drug-likeness (QED) is 0.469. The predicted octanol–water partition coefficient (Wildman–Crippen LogP) is 2.67. The second kappa shape index (κ2) is 11.5. The molecule has 2 amide bonds. The minimum atomic E-state index is -0.778. The molecule has 9 heteroatoms. The van der Waals surface area contributed by atoms with Crippen molar-refractivity contribution in [2.45, 2.75) is 32.1 Å². The second-order valence-corrected chi connectivity index (χ2v) is 8.32. The van der Waals surface area contributed by atoms with E-state index in [1.807, 2.05) is 49.2 Å². The molecule has 1 aliphatic rings. The van der Waals surface area contributed by atoms with E-state index in [-0.39, 0.29) is 30.5 Å². The van der Waals surface area contributed by atoms with Crippen molar-refractivity contribution in [1.29, 1.82) is 0 Å². The van der Waals surface area contributed by atoms with Crippen LogP contribution in [0.15, 0.2) is 53.5 Å². The van der Waals surface area contributed by atoms with Gasteiger partial charge in [-0.05, 0) is 43.8 Å². The summed E-state index contributed by atoms with van der Waals surface area (Å²) in [6.07, 6.45) is -0.314. The maximum atomic E-state index is 12.3. The molecule has 1 fully saturated rings. The van der Waals surface area contributed by atoms with Crippen molar-refractivity contribution in [3.8, 4) is 11.5 Å². The number of hydrogen-bond donors (Lipinski definition) is 1. The number of nitrogens with two attached hydrogens (primary N) is 1. The van der Waals surface area contributed by atoms with E-state index < -0.39 is 6.09 Å². The Balaban J connectivity index is 1.56. The van der Waals surface area contributed by atoms with Gasteiger partial charge in [-0.15, -0.1) is 0 Å². The van der Waals surface area contributed by atoms with E-state index in [9.17, 15) is 9.59 Å². The fraction of sp³-hybridized carbons (Fsp3) is 0.400. The summed E-state index contributed by atoms with van der Waals surface area (Å²) in [6.45, 7) is 3.21. The van der Waals surface area contributed by atoms with E-state index in [4.69, 9.17) is 19.9 Å². The molecule has 0 bridgehead atoms. The van der Waals surface area contributed by atoms with E-state index in [0.717, 1.165) is 11.3 Å². The molecular formula is C25H32N4O5. The SMILES string of the molecule is CCOc1ccc(COC(=O)N=C(N)c2cccc(O[C@H]3C[C@H](C(=O)N(C)C)N(C)C3)c2)cc1. The van der Waals surface area contributed by atoms with Crippen LogP contribution >= 0.6 is 0 Å². The zero-order valence-corrected chi connectivity index (χ0v) is 20.1. The minimum Gasteiger partial charge on any atom is -0.494 e. The normalized spacial score (nSPS) is 18.4. The van der Waals surface area contributed by atoms with E-state index in [1.165, 1.54) is 0 Å². The lowest BCUT2D eigenvalue weighted by atomic mass is 10.1. The number of benzene rings is 2. The van der Waals surface area contributed by atoms with Gasteiger partial charge >= 0.3 is 6.09 Å². The van der Waals surface area contributed by atoms with Crippen LogP contribution in [-0.4, -0.2) is 74.1 Å².